The summed E-state index contributed by atoms with van der Waals surface area (Å²) in [6.45, 7) is 3.48. The zero-order valence-corrected chi connectivity index (χ0v) is 15.8. The van der Waals surface area contributed by atoms with E-state index in [9.17, 15) is 13.2 Å². The van der Waals surface area contributed by atoms with E-state index in [-0.39, 0.29) is 27.2 Å². The smallest absolute Gasteiger partial charge is 0.262 e. The molecule has 0 atom stereocenters. The van der Waals surface area contributed by atoms with Gasteiger partial charge in [-0.2, -0.15) is 0 Å². The molecule has 0 unspecified atom stereocenters. The molecule has 134 valence electrons. The van der Waals surface area contributed by atoms with E-state index >= 15 is 0 Å². The average Bonchev–Trinajstić information content (AvgIpc) is 2.51. The lowest BCUT2D eigenvalue weighted by Gasteiger charge is -2.14. The highest BCUT2D eigenvalue weighted by Gasteiger charge is 2.18. The van der Waals surface area contributed by atoms with E-state index < -0.39 is 10.0 Å². The number of nitrogens with one attached hydrogen (secondary N) is 2. The number of halogens is 2. The minimum Gasteiger partial charge on any atom is -0.492 e. The molecule has 0 fully saturated rings. The second kappa shape index (κ2) is 7.95. The molecule has 0 aliphatic heterocycles. The Labute approximate surface area is 156 Å². The Bertz CT molecular complexity index is 901. The molecule has 0 bridgehead atoms. The maximum absolute atomic E-state index is 12.6. The van der Waals surface area contributed by atoms with Crippen molar-refractivity contribution in [2.45, 2.75) is 18.7 Å². The third kappa shape index (κ3) is 5.01. The molecular weight excluding hydrogens is 387 g/mol. The average molecular weight is 403 g/mol. The third-order valence-electron chi connectivity index (χ3n) is 3.05. The lowest BCUT2D eigenvalue weighted by atomic mass is 10.3. The number of hydrogen-bond donors (Lipinski definition) is 2. The Balaban J connectivity index is 2.39. The van der Waals surface area contributed by atoms with Gasteiger partial charge in [-0.25, -0.2) is 8.42 Å². The van der Waals surface area contributed by atoms with E-state index in [4.69, 9.17) is 27.9 Å². The van der Waals surface area contributed by atoms with Gasteiger partial charge in [0.25, 0.3) is 10.0 Å². The highest BCUT2D eigenvalue weighted by atomic mass is 35.5. The summed E-state index contributed by atoms with van der Waals surface area (Å²) in [5.41, 5.74) is 0.459. The highest BCUT2D eigenvalue weighted by molar-refractivity contribution is 7.92. The number of anilines is 2. The summed E-state index contributed by atoms with van der Waals surface area (Å²) in [5, 5.41) is 3.11. The van der Waals surface area contributed by atoms with Crippen molar-refractivity contribution in [2.75, 3.05) is 16.6 Å². The Morgan fingerprint density at radius 1 is 1.12 bits per heavy atom. The number of benzene rings is 2. The number of sulfonamides is 1. The largest absolute Gasteiger partial charge is 0.492 e. The zero-order chi connectivity index (χ0) is 18.6. The van der Waals surface area contributed by atoms with Gasteiger partial charge in [-0.15, -0.1) is 0 Å². The van der Waals surface area contributed by atoms with Crippen LogP contribution < -0.4 is 14.8 Å². The summed E-state index contributed by atoms with van der Waals surface area (Å²) in [7, 11) is -3.92. The molecule has 0 heterocycles. The fourth-order valence-corrected chi connectivity index (χ4v) is 3.64. The second-order valence-electron chi connectivity index (χ2n) is 5.00. The van der Waals surface area contributed by atoms with Crippen molar-refractivity contribution in [1.82, 2.24) is 0 Å². The first-order valence-corrected chi connectivity index (χ1v) is 9.49. The minimum atomic E-state index is -3.92. The van der Waals surface area contributed by atoms with Crippen LogP contribution in [0.15, 0.2) is 41.3 Å². The SMILES string of the molecule is CCOc1ccc(S(=O)(=O)Nc2ccc(Cl)cc2Cl)cc1NC(C)=O. The number of ether oxygens (including phenoxy) is 1. The number of rotatable bonds is 6. The van der Waals surface area contributed by atoms with Crippen LogP contribution in [0.3, 0.4) is 0 Å². The molecule has 0 aliphatic carbocycles. The van der Waals surface area contributed by atoms with Gasteiger partial charge in [0.05, 0.1) is 27.9 Å². The maximum atomic E-state index is 12.6. The Morgan fingerprint density at radius 2 is 1.84 bits per heavy atom. The highest BCUT2D eigenvalue weighted by Crippen LogP contribution is 2.31. The van der Waals surface area contributed by atoms with E-state index in [0.717, 1.165) is 0 Å². The first-order valence-electron chi connectivity index (χ1n) is 7.25. The standard InChI is InChI=1S/C16H16Cl2N2O4S/c1-3-24-16-7-5-12(9-15(16)19-10(2)21)25(22,23)20-14-6-4-11(17)8-13(14)18/h4-9,20H,3H2,1-2H3,(H,19,21). The normalized spacial score (nSPS) is 11.0. The second-order valence-corrected chi connectivity index (χ2v) is 7.53. The predicted octanol–water partition coefficient (Wildman–Crippen LogP) is 4.15. The lowest BCUT2D eigenvalue weighted by Crippen LogP contribution is -2.15. The number of carbonyl (C=O) groups is 1. The van der Waals surface area contributed by atoms with Gasteiger partial charge >= 0.3 is 0 Å². The van der Waals surface area contributed by atoms with Crippen LogP contribution in [0.25, 0.3) is 0 Å². The van der Waals surface area contributed by atoms with Crippen LogP contribution in [-0.2, 0) is 14.8 Å². The van der Waals surface area contributed by atoms with Crippen LogP contribution in [0, 0.1) is 0 Å². The molecule has 0 aliphatic rings. The van der Waals surface area contributed by atoms with E-state index in [0.29, 0.717) is 17.4 Å². The predicted molar refractivity (Wildman–Crippen MR) is 99.2 cm³/mol. The molecule has 25 heavy (non-hydrogen) atoms. The van der Waals surface area contributed by atoms with Crippen LogP contribution in [0.4, 0.5) is 11.4 Å². The van der Waals surface area contributed by atoms with E-state index in [2.05, 4.69) is 10.0 Å². The molecule has 0 saturated heterocycles. The molecular formula is C16H16Cl2N2O4S. The number of amides is 1. The number of hydrogen-bond acceptors (Lipinski definition) is 4. The maximum Gasteiger partial charge on any atom is 0.262 e. The van der Waals surface area contributed by atoms with E-state index in [1.54, 1.807) is 6.92 Å². The zero-order valence-electron chi connectivity index (χ0n) is 13.5. The lowest BCUT2D eigenvalue weighted by molar-refractivity contribution is -0.114. The van der Waals surface area contributed by atoms with E-state index in [1.165, 1.54) is 43.3 Å². The van der Waals surface area contributed by atoms with Crippen molar-refractivity contribution in [3.8, 4) is 5.75 Å². The summed E-state index contributed by atoms with van der Waals surface area (Å²) in [6, 6.07) is 8.59. The molecule has 1 amide bonds. The summed E-state index contributed by atoms with van der Waals surface area (Å²) >= 11 is 11.8. The van der Waals surface area contributed by atoms with Crippen LogP contribution in [-0.4, -0.2) is 20.9 Å². The van der Waals surface area contributed by atoms with Crippen molar-refractivity contribution in [1.29, 1.82) is 0 Å². The molecule has 0 spiro atoms. The van der Waals surface area contributed by atoms with Crippen LogP contribution in [0.5, 0.6) is 5.75 Å². The molecule has 0 radical (unpaired) electrons. The van der Waals surface area contributed by atoms with Gasteiger partial charge in [0.1, 0.15) is 5.75 Å². The van der Waals surface area contributed by atoms with Crippen molar-refractivity contribution in [3.05, 3.63) is 46.4 Å². The molecule has 2 rings (SSSR count). The first kappa shape index (κ1) is 19.4. The summed E-state index contributed by atoms with van der Waals surface area (Å²) in [5.74, 6) is 0.0328. The summed E-state index contributed by atoms with van der Waals surface area (Å²) in [4.78, 5) is 11.3. The van der Waals surface area contributed by atoms with Gasteiger partial charge in [-0.05, 0) is 43.3 Å². The molecule has 2 aromatic carbocycles. The molecule has 6 nitrogen and oxygen atoms in total. The number of carbonyl (C=O) groups excluding carboxylic acids is 1. The van der Waals surface area contributed by atoms with Crippen molar-refractivity contribution in [2.24, 2.45) is 0 Å². The van der Waals surface area contributed by atoms with Crippen LogP contribution in [0.1, 0.15) is 13.8 Å². The molecule has 9 heteroatoms. The van der Waals surface area contributed by atoms with Gasteiger partial charge in [0, 0.05) is 11.9 Å². The van der Waals surface area contributed by atoms with Gasteiger partial charge in [-0.3, -0.25) is 9.52 Å². The monoisotopic (exact) mass is 402 g/mol. The topological polar surface area (TPSA) is 84.5 Å². The van der Waals surface area contributed by atoms with Crippen LogP contribution >= 0.6 is 23.2 Å². The molecule has 0 saturated carbocycles. The van der Waals surface area contributed by atoms with Gasteiger partial charge in [-0.1, -0.05) is 23.2 Å². The minimum absolute atomic E-state index is 0.0503. The van der Waals surface area contributed by atoms with Crippen molar-refractivity contribution in [3.63, 3.8) is 0 Å². The van der Waals surface area contributed by atoms with Crippen molar-refractivity contribution >= 4 is 50.5 Å². The molecule has 2 aromatic rings. The fourth-order valence-electron chi connectivity index (χ4n) is 2.02. The Morgan fingerprint density at radius 3 is 2.44 bits per heavy atom. The first-order chi connectivity index (χ1) is 11.7. The molecule has 0 aromatic heterocycles. The Hall–Kier alpha value is -1.96. The van der Waals surface area contributed by atoms with Crippen molar-refractivity contribution < 1.29 is 17.9 Å². The molecule has 2 N–H and O–H groups in total. The van der Waals surface area contributed by atoms with Crippen LogP contribution in [0.2, 0.25) is 10.0 Å². The van der Waals surface area contributed by atoms with Gasteiger partial charge < -0.3 is 10.1 Å². The fraction of sp³-hybridized carbons (Fsp3) is 0.188. The third-order valence-corrected chi connectivity index (χ3v) is 4.96. The Kier molecular flexibility index (Phi) is 6.16. The summed E-state index contributed by atoms with van der Waals surface area (Å²) < 4.78 is 33.0. The van der Waals surface area contributed by atoms with Gasteiger partial charge in [0.2, 0.25) is 5.91 Å². The van der Waals surface area contributed by atoms with Gasteiger partial charge in [0.15, 0.2) is 0 Å². The quantitative estimate of drug-likeness (QED) is 0.759. The summed E-state index contributed by atoms with van der Waals surface area (Å²) in [6.07, 6.45) is 0. The van der Waals surface area contributed by atoms with E-state index in [1.807, 2.05) is 0 Å².